The van der Waals surface area contributed by atoms with Gasteiger partial charge in [0.1, 0.15) is 17.7 Å². The summed E-state index contributed by atoms with van der Waals surface area (Å²) in [6, 6.07) is 0. The van der Waals surface area contributed by atoms with Crippen LogP contribution in [0.4, 0.5) is 0 Å². The molecule has 2 saturated heterocycles. The van der Waals surface area contributed by atoms with Crippen molar-refractivity contribution in [3.05, 3.63) is 23.0 Å². The van der Waals surface area contributed by atoms with Gasteiger partial charge in [0, 0.05) is 0 Å². The Balaban J connectivity index is 1.29. The minimum atomic E-state index is -3.97. The van der Waals surface area contributed by atoms with Crippen LogP contribution in [0.25, 0.3) is 0 Å². The molecule has 5 rings (SSSR count). The first-order valence-electron chi connectivity index (χ1n) is 13.3. The van der Waals surface area contributed by atoms with Gasteiger partial charge < -0.3 is 25.6 Å². The number of nitrogens with two attached hydrogens (primary N) is 2. The van der Waals surface area contributed by atoms with Gasteiger partial charge in [-0.15, -0.1) is 0 Å². The van der Waals surface area contributed by atoms with E-state index in [1.54, 1.807) is 0 Å². The van der Waals surface area contributed by atoms with Gasteiger partial charge in [-0.3, -0.25) is 15.1 Å². The molecule has 11 N–H and O–H groups in total. The van der Waals surface area contributed by atoms with Crippen LogP contribution in [-0.2, 0) is 32.7 Å². The fourth-order valence-electron chi connectivity index (χ4n) is 5.13. The fourth-order valence-corrected chi connectivity index (χ4v) is 6.32. The molecule has 0 spiro atoms. The summed E-state index contributed by atoms with van der Waals surface area (Å²) in [6.45, 7) is 0.329. The molecular formula is C20H36N10O9P2S2. The summed E-state index contributed by atoms with van der Waals surface area (Å²) in [5, 5.41) is 14.4. The van der Waals surface area contributed by atoms with Crippen molar-refractivity contribution in [1.29, 1.82) is 0 Å². The maximum absolute atomic E-state index is 12.9. The van der Waals surface area contributed by atoms with Crippen molar-refractivity contribution in [2.75, 3.05) is 19.9 Å². The summed E-state index contributed by atoms with van der Waals surface area (Å²) in [7, 11) is -6.42. The Hall–Kier alpha value is -2.03. The van der Waals surface area contributed by atoms with Gasteiger partial charge in [0.25, 0.3) is 5.91 Å². The standard InChI is InChI=1S/C20H36N10O9P2S2/c21-13-15(25-19(22)27-17(13)31)29(11-3-1-9(38-11)5-36-40(33)42)8-24-20-26-16-14(18(32)28-20)23-7-30(16)12-4-2-10(39-12)6-37-41(34,35)43/h8-12,19-20,23,25-26,34-35,40-41,43H,1-7,21-22H2,(H,27,31)(H,28,32)(H,33,42)/b24-8+/t9-,10-,11+,12+,19?,20?/m0/s1. The smallest absolute Gasteiger partial charge is 0.273 e. The Morgan fingerprint density at radius 2 is 1.86 bits per heavy atom. The van der Waals surface area contributed by atoms with E-state index >= 15 is 0 Å². The van der Waals surface area contributed by atoms with Gasteiger partial charge in [-0.1, -0.05) is 12.2 Å². The van der Waals surface area contributed by atoms with Gasteiger partial charge in [-0.25, -0.2) is 0 Å². The molecule has 0 bridgehead atoms. The number of rotatable bonds is 11. The zero-order valence-corrected chi connectivity index (χ0v) is 26.4. The van der Waals surface area contributed by atoms with Gasteiger partial charge in [0.05, 0.1) is 12.7 Å². The summed E-state index contributed by atoms with van der Waals surface area (Å²) in [4.78, 5) is 52.1. The van der Waals surface area contributed by atoms with Crippen molar-refractivity contribution in [3.63, 3.8) is 0 Å². The van der Waals surface area contributed by atoms with E-state index in [1.807, 2.05) is 4.90 Å². The molecule has 0 aromatic carbocycles. The summed E-state index contributed by atoms with van der Waals surface area (Å²) in [6.07, 6.45) is -0.0943. The number of nitrogens with zero attached hydrogens (tertiary/aromatic N) is 3. The Bertz CT molecular complexity index is 1220. The predicted molar refractivity (Wildman–Crippen MR) is 160 cm³/mol. The van der Waals surface area contributed by atoms with Crippen LogP contribution < -0.4 is 38.1 Å². The van der Waals surface area contributed by atoms with Gasteiger partial charge in [-0.2, -0.15) is 0 Å². The van der Waals surface area contributed by atoms with Crippen LogP contribution in [0.1, 0.15) is 25.7 Å². The Morgan fingerprint density at radius 1 is 1.12 bits per heavy atom. The number of thiol groups is 2. The van der Waals surface area contributed by atoms with Crippen LogP contribution in [0.5, 0.6) is 0 Å². The molecule has 7 atom stereocenters. The fraction of sp³-hybridized carbons (Fsp3) is 0.650. The monoisotopic (exact) mass is 686 g/mol. The van der Waals surface area contributed by atoms with E-state index < -0.39 is 57.3 Å². The van der Waals surface area contributed by atoms with Crippen LogP contribution in [0.15, 0.2) is 28.0 Å². The maximum atomic E-state index is 12.9. The summed E-state index contributed by atoms with van der Waals surface area (Å²) >= 11 is 7.45. The minimum Gasteiger partial charge on any atom is -0.352 e. The average Bonchev–Trinajstić information content (AvgIpc) is 3.68. The minimum absolute atomic E-state index is 0.0263. The molecule has 0 saturated carbocycles. The molecule has 23 heteroatoms. The van der Waals surface area contributed by atoms with Crippen LogP contribution in [0.3, 0.4) is 0 Å². The van der Waals surface area contributed by atoms with Crippen LogP contribution >= 0.6 is 38.9 Å². The third kappa shape index (κ3) is 7.98. The van der Waals surface area contributed by atoms with Crippen LogP contribution in [0, 0.1) is 0 Å². The molecule has 2 fully saturated rings. The molecule has 5 aliphatic heterocycles. The first kappa shape index (κ1) is 32.4. The second-order valence-corrected chi connectivity index (χ2v) is 15.2. The zero-order chi connectivity index (χ0) is 30.9. The number of nitrogens with one attached hydrogen (secondary N) is 5. The third-order valence-electron chi connectivity index (χ3n) is 7.08. The Kier molecular flexibility index (Phi) is 10.2. The molecule has 5 aliphatic rings. The topological polar surface area (TPSA) is 260 Å². The van der Waals surface area contributed by atoms with Crippen molar-refractivity contribution in [1.82, 2.24) is 36.4 Å². The van der Waals surface area contributed by atoms with E-state index in [1.165, 1.54) is 11.2 Å². The van der Waals surface area contributed by atoms with E-state index in [9.17, 15) is 23.9 Å². The predicted octanol–water partition coefficient (Wildman–Crippen LogP) is -2.87. The van der Waals surface area contributed by atoms with Crippen molar-refractivity contribution < 1.29 is 42.5 Å². The normalized spacial score (nSPS) is 32.3. The second-order valence-electron chi connectivity index (χ2n) is 10.1. The second kappa shape index (κ2) is 13.5. The number of carbonyl (C=O) groups excluding carboxylic acids is 2. The third-order valence-corrected chi connectivity index (χ3v) is 8.82. The molecule has 2 amide bonds. The number of ether oxygens (including phenoxy) is 2. The first-order valence-corrected chi connectivity index (χ1v) is 19.0. The van der Waals surface area contributed by atoms with Crippen LogP contribution in [0.2, 0.25) is 0 Å². The molecule has 242 valence electrons. The van der Waals surface area contributed by atoms with Crippen molar-refractivity contribution in [2.45, 2.75) is 62.9 Å². The molecule has 0 aliphatic carbocycles. The molecular weight excluding hydrogens is 650 g/mol. The number of carbonyl (C=O) groups is 2. The molecule has 19 nitrogen and oxygen atoms in total. The number of amides is 2. The van der Waals surface area contributed by atoms with Crippen molar-refractivity contribution in [3.8, 4) is 0 Å². The molecule has 43 heavy (non-hydrogen) atoms. The molecule has 5 heterocycles. The quantitative estimate of drug-likeness (QED) is 0.0452. The maximum Gasteiger partial charge on any atom is 0.273 e. The SMILES string of the molecule is NC1=C(N(/C=N/C2NC(=O)C3=C(N2)N([C@H]2CC[C@@H](CO[PH](O)(O)S)O2)CN3)[C@H]2CC[C@@H](CO[PH](=O)S)O2)NC(N)NC1=O. The Labute approximate surface area is 257 Å². The first-order chi connectivity index (χ1) is 20.4. The Morgan fingerprint density at radius 3 is 2.60 bits per heavy atom. The van der Waals surface area contributed by atoms with E-state index in [4.69, 9.17) is 30.0 Å². The van der Waals surface area contributed by atoms with Gasteiger partial charge in [0.2, 0.25) is 7.23 Å². The molecule has 0 radical (unpaired) electrons. The summed E-state index contributed by atoms with van der Waals surface area (Å²) in [5.74, 6) is -0.356. The average molecular weight is 687 g/mol. The zero-order valence-electron chi connectivity index (χ0n) is 22.6. The van der Waals surface area contributed by atoms with Gasteiger partial charge in [0.15, 0.2) is 6.29 Å². The molecule has 0 aromatic heterocycles. The van der Waals surface area contributed by atoms with Crippen molar-refractivity contribution >= 4 is 57.0 Å². The number of aliphatic imine (C=N–C) groups is 1. The molecule has 0 aromatic rings. The number of hydrogen-bond donors (Lipinski definition) is 11. The van der Waals surface area contributed by atoms with E-state index in [0.29, 0.717) is 37.2 Å². The summed E-state index contributed by atoms with van der Waals surface area (Å²) < 4.78 is 33.6. The van der Waals surface area contributed by atoms with Crippen molar-refractivity contribution in [2.24, 2.45) is 16.5 Å². The molecule has 3 unspecified atom stereocenters. The van der Waals surface area contributed by atoms with Gasteiger partial charge in [-0.05, 0) is 12.8 Å². The number of hydrogen-bond acceptors (Lipinski definition) is 17. The largest absolute Gasteiger partial charge is 0.352 e. The van der Waals surface area contributed by atoms with Gasteiger partial charge >= 0.3 is 142 Å². The van der Waals surface area contributed by atoms with E-state index in [2.05, 4.69) is 56.1 Å². The summed E-state index contributed by atoms with van der Waals surface area (Å²) in [5.41, 5.74) is 12.2. The van der Waals surface area contributed by atoms with Crippen LogP contribution in [-0.4, -0.2) is 94.9 Å². The van der Waals surface area contributed by atoms with E-state index in [0.717, 1.165) is 0 Å². The van der Waals surface area contributed by atoms with E-state index in [-0.39, 0.29) is 37.5 Å².